The largest absolute Gasteiger partial charge is 0.353 e. The molecule has 0 aliphatic carbocycles. The highest BCUT2D eigenvalue weighted by Crippen LogP contribution is 2.38. The smallest absolute Gasteiger partial charge is 0.234 e. The number of likely N-dealkylation sites (N-methyl/N-ethyl adjacent to an activating group) is 1. The SMILES string of the molecule is CNC[C@@H](C)c1c(-c2cc(C)cc(C)c2)[nH]c2cnc(C(C)(C)C(=O)N(CC(C)C)CC(C)C)cc12. The van der Waals surface area contributed by atoms with E-state index in [1.54, 1.807) is 0 Å². The molecule has 2 aromatic heterocycles. The first kappa shape index (κ1) is 27.9. The Morgan fingerprint density at radius 2 is 1.58 bits per heavy atom. The summed E-state index contributed by atoms with van der Waals surface area (Å²) in [6.45, 7) is 21.6. The molecule has 0 saturated heterocycles. The lowest BCUT2D eigenvalue weighted by molar-refractivity contribution is -0.137. The van der Waals surface area contributed by atoms with Gasteiger partial charge in [-0.05, 0) is 81.8 Å². The fraction of sp³-hybridized carbons (Fsp3) is 0.548. The van der Waals surface area contributed by atoms with Gasteiger partial charge < -0.3 is 15.2 Å². The van der Waals surface area contributed by atoms with Gasteiger partial charge in [0, 0.05) is 25.0 Å². The number of pyridine rings is 1. The lowest BCUT2D eigenvalue weighted by Crippen LogP contribution is -2.46. The monoisotopic (exact) mass is 490 g/mol. The minimum absolute atomic E-state index is 0.145. The second-order valence-electron chi connectivity index (χ2n) is 12.0. The van der Waals surface area contributed by atoms with Gasteiger partial charge in [-0.15, -0.1) is 0 Å². The number of rotatable bonds is 10. The number of nitrogens with zero attached hydrogens (tertiary/aromatic N) is 2. The maximum absolute atomic E-state index is 13.9. The van der Waals surface area contributed by atoms with Crippen LogP contribution in [0.15, 0.2) is 30.5 Å². The summed E-state index contributed by atoms with van der Waals surface area (Å²) in [6, 6.07) is 8.84. The highest BCUT2D eigenvalue weighted by Gasteiger charge is 2.36. The van der Waals surface area contributed by atoms with Crippen LogP contribution in [0.3, 0.4) is 0 Å². The molecule has 0 fully saturated rings. The van der Waals surface area contributed by atoms with Crippen LogP contribution < -0.4 is 5.32 Å². The minimum Gasteiger partial charge on any atom is -0.353 e. The van der Waals surface area contributed by atoms with Crippen LogP contribution in [-0.4, -0.2) is 47.5 Å². The van der Waals surface area contributed by atoms with Gasteiger partial charge in [0.25, 0.3) is 0 Å². The van der Waals surface area contributed by atoms with Crippen molar-refractivity contribution in [3.63, 3.8) is 0 Å². The molecule has 196 valence electrons. The van der Waals surface area contributed by atoms with E-state index in [0.29, 0.717) is 11.8 Å². The molecular formula is C31H46N4O. The van der Waals surface area contributed by atoms with Crippen LogP contribution in [-0.2, 0) is 10.2 Å². The number of nitrogens with one attached hydrogen (secondary N) is 2. The number of carbonyl (C=O) groups excluding carboxylic acids is 1. The molecule has 0 radical (unpaired) electrons. The molecule has 3 aromatic rings. The highest BCUT2D eigenvalue weighted by atomic mass is 16.2. The predicted octanol–water partition coefficient (Wildman–Crippen LogP) is 6.59. The van der Waals surface area contributed by atoms with Crippen LogP contribution in [0.25, 0.3) is 22.2 Å². The molecule has 5 heteroatoms. The van der Waals surface area contributed by atoms with Crippen molar-refractivity contribution in [3.8, 4) is 11.3 Å². The van der Waals surface area contributed by atoms with Crippen LogP contribution in [0.1, 0.15) is 76.8 Å². The second-order valence-corrected chi connectivity index (χ2v) is 12.0. The number of aryl methyl sites for hydroxylation is 2. The minimum atomic E-state index is -0.723. The van der Waals surface area contributed by atoms with E-state index >= 15 is 0 Å². The van der Waals surface area contributed by atoms with Crippen LogP contribution in [0.5, 0.6) is 0 Å². The van der Waals surface area contributed by atoms with Crippen molar-refractivity contribution in [2.24, 2.45) is 11.8 Å². The standard InChI is InChI=1S/C31H46N4O/c1-19(2)17-35(18-20(3)4)30(36)31(8,9)27-14-25-26(16-33-27)34-29(28(25)23(7)15-32-10)24-12-21(5)11-22(6)13-24/h11-14,16,19-20,23,32,34H,15,17-18H2,1-10H3/t23-/m1/s1. The zero-order chi connectivity index (χ0) is 26.8. The summed E-state index contributed by atoms with van der Waals surface area (Å²) in [5.74, 6) is 1.26. The van der Waals surface area contributed by atoms with Gasteiger partial charge in [0.1, 0.15) is 0 Å². The average Bonchev–Trinajstić information content (AvgIpc) is 3.16. The summed E-state index contributed by atoms with van der Waals surface area (Å²) in [7, 11) is 1.99. The Kier molecular flexibility index (Phi) is 8.66. The van der Waals surface area contributed by atoms with Crippen molar-refractivity contribution >= 4 is 16.8 Å². The zero-order valence-corrected chi connectivity index (χ0v) is 24.0. The molecule has 0 unspecified atom stereocenters. The van der Waals surface area contributed by atoms with Gasteiger partial charge in [0.05, 0.1) is 28.5 Å². The van der Waals surface area contributed by atoms with Gasteiger partial charge >= 0.3 is 0 Å². The Bertz CT molecular complexity index is 1170. The van der Waals surface area contributed by atoms with E-state index in [1.807, 2.05) is 32.0 Å². The van der Waals surface area contributed by atoms with Gasteiger partial charge in [-0.2, -0.15) is 0 Å². The molecule has 2 N–H and O–H groups in total. The summed E-state index contributed by atoms with van der Waals surface area (Å²) in [4.78, 5) is 24.4. The quantitative estimate of drug-likeness (QED) is 0.337. The first-order valence-corrected chi connectivity index (χ1v) is 13.4. The number of aromatic amines is 1. The topological polar surface area (TPSA) is 61.0 Å². The summed E-state index contributed by atoms with van der Waals surface area (Å²) in [6.07, 6.45) is 1.91. The van der Waals surface area contributed by atoms with Crippen molar-refractivity contribution in [3.05, 3.63) is 52.8 Å². The number of amides is 1. The van der Waals surface area contributed by atoms with Gasteiger partial charge in [-0.1, -0.05) is 51.8 Å². The lowest BCUT2D eigenvalue weighted by atomic mass is 9.85. The lowest BCUT2D eigenvalue weighted by Gasteiger charge is -2.34. The Hall–Kier alpha value is -2.66. The fourth-order valence-corrected chi connectivity index (χ4v) is 5.35. The first-order valence-electron chi connectivity index (χ1n) is 13.4. The number of carbonyl (C=O) groups is 1. The summed E-state index contributed by atoms with van der Waals surface area (Å²) in [5, 5.41) is 4.50. The molecule has 2 heterocycles. The van der Waals surface area contributed by atoms with Gasteiger partial charge in [0.15, 0.2) is 0 Å². The Labute approximate surface area is 218 Å². The molecule has 0 aliphatic rings. The molecular weight excluding hydrogens is 444 g/mol. The van der Waals surface area contributed by atoms with Crippen molar-refractivity contribution in [1.82, 2.24) is 20.2 Å². The fourth-order valence-electron chi connectivity index (χ4n) is 5.35. The summed E-state index contributed by atoms with van der Waals surface area (Å²) >= 11 is 0. The van der Waals surface area contributed by atoms with E-state index in [4.69, 9.17) is 4.98 Å². The Morgan fingerprint density at radius 1 is 1.00 bits per heavy atom. The van der Waals surface area contributed by atoms with Crippen molar-refractivity contribution < 1.29 is 4.79 Å². The number of hydrogen-bond donors (Lipinski definition) is 2. The molecule has 3 rings (SSSR count). The van der Waals surface area contributed by atoms with E-state index < -0.39 is 5.41 Å². The molecule has 0 bridgehead atoms. The van der Waals surface area contributed by atoms with Crippen molar-refractivity contribution in [2.45, 2.75) is 73.6 Å². The maximum Gasteiger partial charge on any atom is 0.234 e. The van der Waals surface area contributed by atoms with Crippen molar-refractivity contribution in [2.75, 3.05) is 26.7 Å². The maximum atomic E-state index is 13.9. The summed E-state index contributed by atoms with van der Waals surface area (Å²) in [5.41, 5.74) is 7.21. The normalized spacial score (nSPS) is 13.1. The van der Waals surface area contributed by atoms with Crippen LogP contribution >= 0.6 is 0 Å². The number of aromatic nitrogens is 2. The molecule has 1 aromatic carbocycles. The van der Waals surface area contributed by atoms with Crippen LogP contribution in [0, 0.1) is 25.7 Å². The van der Waals surface area contributed by atoms with Gasteiger partial charge in [-0.25, -0.2) is 0 Å². The third-order valence-corrected chi connectivity index (χ3v) is 6.87. The zero-order valence-electron chi connectivity index (χ0n) is 24.0. The Morgan fingerprint density at radius 3 is 2.11 bits per heavy atom. The van der Waals surface area contributed by atoms with E-state index in [9.17, 15) is 4.79 Å². The van der Waals surface area contributed by atoms with Gasteiger partial charge in [0.2, 0.25) is 5.91 Å². The molecule has 0 saturated carbocycles. The number of H-pyrrole nitrogens is 1. The number of benzene rings is 1. The van der Waals surface area contributed by atoms with Crippen LogP contribution in [0.2, 0.25) is 0 Å². The Balaban J connectivity index is 2.15. The van der Waals surface area contributed by atoms with E-state index in [1.165, 1.54) is 22.3 Å². The van der Waals surface area contributed by atoms with Crippen molar-refractivity contribution in [1.29, 1.82) is 0 Å². The molecule has 5 nitrogen and oxygen atoms in total. The second kappa shape index (κ2) is 11.2. The highest BCUT2D eigenvalue weighted by molar-refractivity contribution is 5.93. The molecule has 1 amide bonds. The third-order valence-electron chi connectivity index (χ3n) is 6.87. The molecule has 0 spiro atoms. The van der Waals surface area contributed by atoms with Crippen LogP contribution in [0.4, 0.5) is 0 Å². The van der Waals surface area contributed by atoms with E-state index in [-0.39, 0.29) is 11.8 Å². The van der Waals surface area contributed by atoms with Gasteiger partial charge in [-0.3, -0.25) is 9.78 Å². The average molecular weight is 491 g/mol. The van der Waals surface area contributed by atoms with E-state index in [0.717, 1.165) is 41.9 Å². The van der Waals surface area contributed by atoms with E-state index in [2.05, 4.69) is 83.0 Å². The summed E-state index contributed by atoms with van der Waals surface area (Å²) < 4.78 is 0. The predicted molar refractivity (Wildman–Crippen MR) is 153 cm³/mol. The molecule has 0 aliphatic heterocycles. The third kappa shape index (κ3) is 6.00. The number of fused-ring (bicyclic) bond motifs is 1. The first-order chi connectivity index (χ1) is 16.8. The molecule has 1 atom stereocenters. The molecule has 36 heavy (non-hydrogen) atoms. The number of hydrogen-bond acceptors (Lipinski definition) is 3.